The third kappa shape index (κ3) is 9.41. The lowest BCUT2D eigenvalue weighted by molar-refractivity contribution is -0.141. The molecule has 0 fully saturated rings. The Kier molecular flexibility index (Phi) is 11.7. The second-order valence-electron chi connectivity index (χ2n) is 10.9. The second kappa shape index (κ2) is 15.0. The maximum atomic E-state index is 13.9. The first kappa shape index (κ1) is 32.8. The number of halogens is 1. The zero-order valence-electron chi connectivity index (χ0n) is 25.1. The van der Waals surface area contributed by atoms with Crippen molar-refractivity contribution in [2.75, 3.05) is 17.1 Å². The molecule has 226 valence electrons. The fourth-order valence-corrected chi connectivity index (χ4v) is 5.77. The maximum Gasteiger partial charge on any atom is 0.243 e. The first-order valence-electron chi connectivity index (χ1n) is 14.3. The molecule has 0 aliphatic carbocycles. The maximum absolute atomic E-state index is 13.9. The Morgan fingerprint density at radius 2 is 1.62 bits per heavy atom. The summed E-state index contributed by atoms with van der Waals surface area (Å²) in [7, 11) is -3.61. The summed E-state index contributed by atoms with van der Waals surface area (Å²) < 4.78 is 40.5. The number of benzene rings is 3. The summed E-state index contributed by atoms with van der Waals surface area (Å²) in [6, 6.07) is 20.1. The molecule has 2 unspecified atom stereocenters. The van der Waals surface area contributed by atoms with Gasteiger partial charge in [0, 0.05) is 32.0 Å². The van der Waals surface area contributed by atoms with Gasteiger partial charge in [-0.3, -0.25) is 13.9 Å². The molecular weight excluding hydrogens is 553 g/mol. The van der Waals surface area contributed by atoms with E-state index in [2.05, 4.69) is 5.32 Å². The minimum Gasteiger partial charge on any atom is -0.352 e. The van der Waals surface area contributed by atoms with E-state index in [-0.39, 0.29) is 49.6 Å². The minimum atomic E-state index is -3.61. The van der Waals surface area contributed by atoms with E-state index in [1.807, 2.05) is 76.2 Å². The van der Waals surface area contributed by atoms with Gasteiger partial charge in [0.2, 0.25) is 21.8 Å². The fraction of sp³-hybridized carbons (Fsp3) is 0.394. The van der Waals surface area contributed by atoms with Crippen molar-refractivity contribution in [1.29, 1.82) is 0 Å². The van der Waals surface area contributed by atoms with Gasteiger partial charge in [-0.05, 0) is 74.1 Å². The average molecular weight is 596 g/mol. The third-order valence-corrected chi connectivity index (χ3v) is 8.50. The Bertz CT molecular complexity index is 1450. The zero-order valence-corrected chi connectivity index (χ0v) is 26.0. The Labute approximate surface area is 249 Å². The normalized spacial score (nSPS) is 12.8. The number of hydrogen-bond donors (Lipinski definition) is 1. The van der Waals surface area contributed by atoms with Gasteiger partial charge < -0.3 is 10.2 Å². The van der Waals surface area contributed by atoms with Crippen LogP contribution in [0.3, 0.4) is 0 Å². The summed E-state index contributed by atoms with van der Waals surface area (Å²) >= 11 is 0. The van der Waals surface area contributed by atoms with Crippen LogP contribution in [0.4, 0.5) is 10.1 Å². The quantitative estimate of drug-likeness (QED) is 0.265. The summed E-state index contributed by atoms with van der Waals surface area (Å²) in [4.78, 5) is 29.1. The summed E-state index contributed by atoms with van der Waals surface area (Å²) in [6.45, 7) is 7.86. The Balaban J connectivity index is 1.90. The predicted octanol–water partition coefficient (Wildman–Crippen LogP) is 5.54. The molecule has 0 radical (unpaired) electrons. The number of aryl methyl sites for hydroxylation is 2. The van der Waals surface area contributed by atoms with Crippen LogP contribution in [-0.4, -0.2) is 50.0 Å². The monoisotopic (exact) mass is 595 g/mol. The van der Waals surface area contributed by atoms with Crippen LogP contribution < -0.4 is 9.62 Å². The van der Waals surface area contributed by atoms with E-state index >= 15 is 0 Å². The molecule has 0 aliphatic rings. The van der Waals surface area contributed by atoms with Crippen molar-refractivity contribution in [2.24, 2.45) is 0 Å². The van der Waals surface area contributed by atoms with Crippen LogP contribution in [0, 0.1) is 19.7 Å². The highest BCUT2D eigenvalue weighted by Crippen LogP contribution is 2.25. The van der Waals surface area contributed by atoms with Crippen LogP contribution in [0.15, 0.2) is 72.8 Å². The molecule has 0 saturated carbocycles. The molecule has 0 saturated heterocycles. The Hall–Kier alpha value is -3.72. The lowest BCUT2D eigenvalue weighted by Gasteiger charge is -2.33. The summed E-state index contributed by atoms with van der Waals surface area (Å²) in [6.07, 6.45) is 2.47. The van der Waals surface area contributed by atoms with Crippen LogP contribution >= 0.6 is 0 Å². The van der Waals surface area contributed by atoms with Crippen molar-refractivity contribution in [2.45, 2.75) is 72.0 Å². The Morgan fingerprint density at radius 1 is 0.952 bits per heavy atom. The van der Waals surface area contributed by atoms with E-state index in [0.29, 0.717) is 17.7 Å². The highest BCUT2D eigenvalue weighted by atomic mass is 32.2. The van der Waals surface area contributed by atoms with E-state index in [9.17, 15) is 22.4 Å². The van der Waals surface area contributed by atoms with Crippen molar-refractivity contribution in [3.63, 3.8) is 0 Å². The highest BCUT2D eigenvalue weighted by molar-refractivity contribution is 7.92. The number of sulfonamides is 1. The molecule has 2 amide bonds. The first-order chi connectivity index (χ1) is 19.9. The number of nitrogens with zero attached hydrogens (tertiary/aromatic N) is 2. The van der Waals surface area contributed by atoms with Crippen molar-refractivity contribution in [1.82, 2.24) is 10.2 Å². The van der Waals surface area contributed by atoms with Crippen LogP contribution in [-0.2, 0) is 32.6 Å². The number of nitrogens with one attached hydrogen (secondary N) is 1. The van der Waals surface area contributed by atoms with Crippen LogP contribution in [0.25, 0.3) is 0 Å². The van der Waals surface area contributed by atoms with Gasteiger partial charge in [0.15, 0.2) is 0 Å². The predicted molar refractivity (Wildman–Crippen MR) is 166 cm³/mol. The molecule has 3 rings (SSSR count). The molecule has 0 aromatic heterocycles. The smallest absolute Gasteiger partial charge is 0.243 e. The number of amides is 2. The summed E-state index contributed by atoms with van der Waals surface area (Å²) in [5.41, 5.74) is 3.92. The van der Waals surface area contributed by atoms with Gasteiger partial charge >= 0.3 is 0 Å². The molecular formula is C33H42FN3O4S. The SMILES string of the molecule is CCC(C)NC(=O)C(Cc1ccccc1)N(Cc1ccc(F)cc1)C(=O)CCCN(c1cc(C)ccc1C)S(C)(=O)=O. The van der Waals surface area contributed by atoms with Crippen molar-refractivity contribution >= 4 is 27.5 Å². The topological polar surface area (TPSA) is 86.8 Å². The molecule has 2 atom stereocenters. The molecule has 9 heteroatoms. The van der Waals surface area contributed by atoms with Gasteiger partial charge in [0.1, 0.15) is 11.9 Å². The summed E-state index contributed by atoms with van der Waals surface area (Å²) in [5.74, 6) is -0.940. The second-order valence-corrected chi connectivity index (χ2v) is 12.8. The van der Waals surface area contributed by atoms with E-state index in [4.69, 9.17) is 0 Å². The van der Waals surface area contributed by atoms with E-state index in [0.717, 1.165) is 29.4 Å². The number of hydrogen-bond acceptors (Lipinski definition) is 4. The largest absolute Gasteiger partial charge is 0.352 e. The highest BCUT2D eigenvalue weighted by Gasteiger charge is 2.31. The first-order valence-corrected chi connectivity index (χ1v) is 16.2. The lowest BCUT2D eigenvalue weighted by atomic mass is 10.0. The van der Waals surface area contributed by atoms with Crippen LogP contribution in [0.2, 0.25) is 0 Å². The fourth-order valence-electron chi connectivity index (χ4n) is 4.75. The minimum absolute atomic E-state index is 0.0278. The van der Waals surface area contributed by atoms with Crippen molar-refractivity contribution < 1.29 is 22.4 Å². The molecule has 7 nitrogen and oxygen atoms in total. The van der Waals surface area contributed by atoms with Gasteiger partial charge in [0.25, 0.3) is 0 Å². The van der Waals surface area contributed by atoms with E-state index in [1.165, 1.54) is 16.4 Å². The lowest BCUT2D eigenvalue weighted by Crippen LogP contribution is -2.52. The molecule has 1 N–H and O–H groups in total. The number of carbonyl (C=O) groups is 2. The van der Waals surface area contributed by atoms with Gasteiger partial charge in [-0.15, -0.1) is 0 Å². The molecule has 0 aliphatic heterocycles. The zero-order chi connectivity index (χ0) is 30.9. The molecule has 0 heterocycles. The van der Waals surface area contributed by atoms with Crippen molar-refractivity contribution in [3.8, 4) is 0 Å². The summed E-state index contributed by atoms with van der Waals surface area (Å²) in [5, 5.41) is 3.03. The Morgan fingerprint density at radius 3 is 2.24 bits per heavy atom. The van der Waals surface area contributed by atoms with Gasteiger partial charge in [-0.1, -0.05) is 61.5 Å². The molecule has 3 aromatic carbocycles. The van der Waals surface area contributed by atoms with Crippen LogP contribution in [0.1, 0.15) is 55.4 Å². The number of rotatable bonds is 14. The third-order valence-electron chi connectivity index (χ3n) is 7.32. The average Bonchev–Trinajstić information content (AvgIpc) is 2.95. The number of carbonyl (C=O) groups excluding carboxylic acids is 2. The van der Waals surface area contributed by atoms with Gasteiger partial charge in [-0.2, -0.15) is 0 Å². The standard InChI is InChI=1S/C33H42FN3O4S/c1-6-26(4)35-33(39)31(22-27-11-8-7-9-12-27)36(23-28-16-18-29(34)19-17-28)32(38)13-10-20-37(42(5,40)41)30-21-24(2)14-15-25(30)3/h7-9,11-12,14-19,21,26,31H,6,10,13,20,22-23H2,1-5H3,(H,35,39). The number of anilines is 1. The van der Waals surface area contributed by atoms with Crippen LogP contribution in [0.5, 0.6) is 0 Å². The van der Waals surface area contributed by atoms with E-state index < -0.39 is 16.1 Å². The van der Waals surface area contributed by atoms with Gasteiger partial charge in [0.05, 0.1) is 11.9 Å². The van der Waals surface area contributed by atoms with Crippen molar-refractivity contribution in [3.05, 3.63) is 101 Å². The van der Waals surface area contributed by atoms with Gasteiger partial charge in [-0.25, -0.2) is 12.8 Å². The van der Waals surface area contributed by atoms with E-state index in [1.54, 1.807) is 17.0 Å². The molecule has 3 aromatic rings. The molecule has 42 heavy (non-hydrogen) atoms. The molecule has 0 bridgehead atoms. The molecule has 0 spiro atoms.